The molecule has 0 saturated carbocycles. The molecule has 0 heterocycles. The lowest BCUT2D eigenvalue weighted by Crippen LogP contribution is -2.23. The van der Waals surface area contributed by atoms with Crippen LogP contribution < -0.4 is 5.32 Å². The summed E-state index contributed by atoms with van der Waals surface area (Å²) in [6.45, 7) is 9.08. The molecule has 0 saturated heterocycles. The van der Waals surface area contributed by atoms with Gasteiger partial charge in [-0.25, -0.2) is 4.39 Å². The summed E-state index contributed by atoms with van der Waals surface area (Å²) >= 11 is 1.76. The number of rotatable bonds is 6. The van der Waals surface area contributed by atoms with Crippen molar-refractivity contribution >= 4 is 11.8 Å². The molecule has 3 heteroatoms. The third-order valence-corrected chi connectivity index (χ3v) is 4.04. The number of hydrogen-bond donors (Lipinski definition) is 1. The predicted octanol–water partition coefficient (Wildman–Crippen LogP) is 4.21. The fourth-order valence-corrected chi connectivity index (χ4v) is 2.50. The maximum atomic E-state index is 13.8. The predicted molar refractivity (Wildman–Crippen MR) is 74.0 cm³/mol. The van der Waals surface area contributed by atoms with E-state index in [1.54, 1.807) is 17.8 Å². The Morgan fingerprint density at radius 3 is 2.59 bits per heavy atom. The van der Waals surface area contributed by atoms with Gasteiger partial charge in [-0.2, -0.15) is 0 Å². The van der Waals surface area contributed by atoms with Gasteiger partial charge < -0.3 is 5.32 Å². The van der Waals surface area contributed by atoms with Gasteiger partial charge in [-0.15, -0.1) is 11.8 Å². The SMILES string of the molecule is CCC(C)Sc1cccc(F)c1CNC(C)C. The van der Waals surface area contributed by atoms with Gasteiger partial charge in [0, 0.05) is 28.3 Å². The topological polar surface area (TPSA) is 12.0 Å². The molecule has 96 valence electrons. The molecule has 1 nitrogen and oxygen atoms in total. The third-order valence-electron chi connectivity index (χ3n) is 2.67. The van der Waals surface area contributed by atoms with Crippen molar-refractivity contribution in [3.8, 4) is 0 Å². The molecule has 1 aromatic rings. The Bertz CT molecular complexity index is 352. The number of hydrogen-bond acceptors (Lipinski definition) is 2. The van der Waals surface area contributed by atoms with E-state index in [2.05, 4.69) is 33.0 Å². The van der Waals surface area contributed by atoms with Crippen molar-refractivity contribution in [2.24, 2.45) is 0 Å². The molecule has 17 heavy (non-hydrogen) atoms. The molecule has 0 amide bonds. The first-order valence-electron chi connectivity index (χ1n) is 6.22. The van der Waals surface area contributed by atoms with E-state index in [1.807, 2.05) is 6.07 Å². The van der Waals surface area contributed by atoms with Crippen molar-refractivity contribution in [1.82, 2.24) is 5.32 Å². The second-order valence-corrected chi connectivity index (χ2v) is 6.07. The first-order valence-corrected chi connectivity index (χ1v) is 7.10. The lowest BCUT2D eigenvalue weighted by Gasteiger charge is -2.15. The van der Waals surface area contributed by atoms with Crippen LogP contribution in [-0.2, 0) is 6.54 Å². The van der Waals surface area contributed by atoms with E-state index >= 15 is 0 Å². The highest BCUT2D eigenvalue weighted by molar-refractivity contribution is 8.00. The van der Waals surface area contributed by atoms with Crippen molar-refractivity contribution < 1.29 is 4.39 Å². The molecule has 0 spiro atoms. The van der Waals surface area contributed by atoms with Crippen molar-refractivity contribution in [2.45, 2.75) is 56.8 Å². The molecule has 0 aliphatic rings. The Morgan fingerprint density at radius 2 is 2.00 bits per heavy atom. The summed E-state index contributed by atoms with van der Waals surface area (Å²) in [6, 6.07) is 5.71. The van der Waals surface area contributed by atoms with E-state index in [0.717, 1.165) is 16.9 Å². The minimum absolute atomic E-state index is 0.105. The van der Waals surface area contributed by atoms with Crippen LogP contribution in [0.25, 0.3) is 0 Å². The lowest BCUT2D eigenvalue weighted by molar-refractivity contribution is 0.546. The van der Waals surface area contributed by atoms with Gasteiger partial charge in [-0.3, -0.25) is 0 Å². The molecular weight excluding hydrogens is 233 g/mol. The fourth-order valence-electron chi connectivity index (χ4n) is 1.43. The highest BCUT2D eigenvalue weighted by Gasteiger charge is 2.11. The van der Waals surface area contributed by atoms with Crippen molar-refractivity contribution in [3.05, 3.63) is 29.6 Å². The Morgan fingerprint density at radius 1 is 1.29 bits per heavy atom. The number of thioether (sulfide) groups is 1. The molecule has 1 unspecified atom stereocenters. The van der Waals surface area contributed by atoms with E-state index in [4.69, 9.17) is 0 Å². The second kappa shape index (κ2) is 7.02. The van der Waals surface area contributed by atoms with Crippen LogP contribution >= 0.6 is 11.8 Å². The van der Waals surface area contributed by atoms with E-state index < -0.39 is 0 Å². The standard InChI is InChI=1S/C14H22FNS/c1-5-11(4)17-14-8-6-7-13(15)12(14)9-16-10(2)3/h6-8,10-11,16H,5,9H2,1-4H3. The van der Waals surface area contributed by atoms with Crippen LogP contribution in [0.3, 0.4) is 0 Å². The molecular formula is C14H22FNS. The summed E-state index contributed by atoms with van der Waals surface area (Å²) < 4.78 is 13.8. The summed E-state index contributed by atoms with van der Waals surface area (Å²) in [7, 11) is 0. The average molecular weight is 255 g/mol. The zero-order valence-electron chi connectivity index (χ0n) is 11.1. The van der Waals surface area contributed by atoms with Gasteiger partial charge in [0.15, 0.2) is 0 Å². The summed E-state index contributed by atoms with van der Waals surface area (Å²) in [6.07, 6.45) is 1.10. The van der Waals surface area contributed by atoms with Gasteiger partial charge in [0.25, 0.3) is 0 Å². The molecule has 1 N–H and O–H groups in total. The maximum absolute atomic E-state index is 13.8. The Kier molecular flexibility index (Phi) is 6.00. The zero-order valence-corrected chi connectivity index (χ0v) is 11.9. The molecule has 0 aliphatic carbocycles. The minimum atomic E-state index is -0.105. The van der Waals surface area contributed by atoms with Crippen LogP contribution in [0.2, 0.25) is 0 Å². The zero-order chi connectivity index (χ0) is 12.8. The number of benzene rings is 1. The average Bonchev–Trinajstić information content (AvgIpc) is 2.27. The monoisotopic (exact) mass is 255 g/mol. The maximum Gasteiger partial charge on any atom is 0.128 e. The van der Waals surface area contributed by atoms with Crippen LogP contribution in [-0.4, -0.2) is 11.3 Å². The summed E-state index contributed by atoms with van der Waals surface area (Å²) in [5.41, 5.74) is 0.798. The van der Waals surface area contributed by atoms with E-state index in [1.165, 1.54) is 6.07 Å². The van der Waals surface area contributed by atoms with Gasteiger partial charge in [0.1, 0.15) is 5.82 Å². The number of halogens is 1. The first-order chi connectivity index (χ1) is 8.04. The van der Waals surface area contributed by atoms with Gasteiger partial charge in [0.05, 0.1) is 0 Å². The van der Waals surface area contributed by atoms with Crippen LogP contribution in [0.5, 0.6) is 0 Å². The Labute approximate surface area is 108 Å². The van der Waals surface area contributed by atoms with Crippen LogP contribution in [0, 0.1) is 5.82 Å². The summed E-state index contributed by atoms with van der Waals surface area (Å²) in [4.78, 5) is 1.06. The van der Waals surface area contributed by atoms with Gasteiger partial charge >= 0.3 is 0 Å². The minimum Gasteiger partial charge on any atom is -0.310 e. The number of nitrogens with one attached hydrogen (secondary N) is 1. The molecule has 1 aromatic carbocycles. The van der Waals surface area contributed by atoms with Gasteiger partial charge in [-0.1, -0.05) is 33.8 Å². The Balaban J connectivity index is 2.84. The first kappa shape index (κ1) is 14.5. The van der Waals surface area contributed by atoms with E-state index in [-0.39, 0.29) is 5.82 Å². The van der Waals surface area contributed by atoms with Crippen molar-refractivity contribution in [3.63, 3.8) is 0 Å². The molecule has 1 atom stereocenters. The van der Waals surface area contributed by atoms with E-state index in [0.29, 0.717) is 17.8 Å². The molecule has 0 fully saturated rings. The third kappa shape index (κ3) is 4.68. The fraction of sp³-hybridized carbons (Fsp3) is 0.571. The quantitative estimate of drug-likeness (QED) is 0.764. The molecule has 0 radical (unpaired) electrons. The smallest absolute Gasteiger partial charge is 0.128 e. The normalized spacial score (nSPS) is 13.1. The second-order valence-electron chi connectivity index (χ2n) is 4.59. The highest BCUT2D eigenvalue weighted by atomic mass is 32.2. The molecule has 1 rings (SSSR count). The largest absolute Gasteiger partial charge is 0.310 e. The lowest BCUT2D eigenvalue weighted by atomic mass is 10.2. The van der Waals surface area contributed by atoms with Gasteiger partial charge in [0.2, 0.25) is 0 Å². The van der Waals surface area contributed by atoms with E-state index in [9.17, 15) is 4.39 Å². The Hall–Kier alpha value is -0.540. The summed E-state index contributed by atoms with van der Waals surface area (Å²) in [5.74, 6) is -0.105. The molecule has 0 bridgehead atoms. The van der Waals surface area contributed by atoms with Crippen LogP contribution in [0.4, 0.5) is 4.39 Å². The van der Waals surface area contributed by atoms with Gasteiger partial charge in [-0.05, 0) is 18.6 Å². The van der Waals surface area contributed by atoms with Crippen molar-refractivity contribution in [1.29, 1.82) is 0 Å². The molecule has 0 aromatic heterocycles. The van der Waals surface area contributed by atoms with Crippen LogP contribution in [0.15, 0.2) is 23.1 Å². The van der Waals surface area contributed by atoms with Crippen molar-refractivity contribution in [2.75, 3.05) is 0 Å². The summed E-state index contributed by atoms with van der Waals surface area (Å²) in [5, 5.41) is 3.80. The highest BCUT2D eigenvalue weighted by Crippen LogP contribution is 2.29. The molecule has 0 aliphatic heterocycles. The van der Waals surface area contributed by atoms with Crippen LogP contribution in [0.1, 0.15) is 39.7 Å².